The number of nitrogens with zero attached hydrogens (tertiary/aromatic N) is 1. The molecule has 1 aliphatic rings. The van der Waals surface area contributed by atoms with Gasteiger partial charge in [0.1, 0.15) is 5.82 Å². The molecule has 8 heteroatoms. The number of amides is 2. The van der Waals surface area contributed by atoms with Gasteiger partial charge in [0.25, 0.3) is 0 Å². The Morgan fingerprint density at radius 2 is 1.85 bits per heavy atom. The Morgan fingerprint density at radius 3 is 2.44 bits per heavy atom. The average molecular weight is 399 g/mol. The molecule has 27 heavy (non-hydrogen) atoms. The molecule has 0 aromatic heterocycles. The van der Waals surface area contributed by atoms with E-state index in [-0.39, 0.29) is 35.0 Å². The molecule has 3 N–H and O–H groups in total. The third kappa shape index (κ3) is 8.24. The van der Waals surface area contributed by atoms with Gasteiger partial charge in [-0.1, -0.05) is 11.6 Å². The van der Waals surface area contributed by atoms with Crippen LogP contribution in [0.3, 0.4) is 0 Å². The highest BCUT2D eigenvalue weighted by molar-refractivity contribution is 6.30. The van der Waals surface area contributed by atoms with Gasteiger partial charge < -0.3 is 16.0 Å². The number of hydrogen-bond donors (Lipinski definition) is 3. The molecule has 150 valence electrons. The monoisotopic (exact) mass is 398 g/mol. The molecule has 0 aliphatic carbocycles. The molecule has 0 saturated carbocycles. The number of likely N-dealkylation sites (tertiary alicyclic amines) is 1. The topological polar surface area (TPSA) is 73.5 Å². The third-order valence-electron chi connectivity index (χ3n) is 4.17. The van der Waals surface area contributed by atoms with E-state index in [1.54, 1.807) is 0 Å². The lowest BCUT2D eigenvalue weighted by atomic mass is 10.0. The predicted molar refractivity (Wildman–Crippen MR) is 105 cm³/mol. The minimum absolute atomic E-state index is 0.0297. The van der Waals surface area contributed by atoms with Gasteiger partial charge in [-0.2, -0.15) is 0 Å². The van der Waals surface area contributed by atoms with Gasteiger partial charge in [-0.25, -0.2) is 4.39 Å². The van der Waals surface area contributed by atoms with E-state index in [9.17, 15) is 14.0 Å². The van der Waals surface area contributed by atoms with Crippen LogP contribution in [0.5, 0.6) is 0 Å². The summed E-state index contributed by atoms with van der Waals surface area (Å²) >= 11 is 5.78. The summed E-state index contributed by atoms with van der Waals surface area (Å²) < 4.78 is 13.3. The van der Waals surface area contributed by atoms with Crippen LogP contribution in [0.2, 0.25) is 5.02 Å². The standard InChI is InChI=1S/C19H28ClFN4O2/c1-19(2,3)24-18(27)12-25-6-4-15(5-7-25)22-11-17(26)23-16-9-13(20)8-14(21)10-16/h8-10,15,22H,4-7,11-12H2,1-3H3,(H,23,26)(H,24,27). The molecule has 1 aromatic carbocycles. The fourth-order valence-corrected chi connectivity index (χ4v) is 3.25. The first-order valence-corrected chi connectivity index (χ1v) is 9.51. The van der Waals surface area contributed by atoms with Crippen molar-refractivity contribution in [1.29, 1.82) is 0 Å². The second-order valence-electron chi connectivity index (χ2n) is 7.94. The minimum Gasteiger partial charge on any atom is -0.350 e. The van der Waals surface area contributed by atoms with Crippen LogP contribution in [0.15, 0.2) is 18.2 Å². The molecule has 2 amide bonds. The lowest BCUT2D eigenvalue weighted by molar-refractivity contribution is -0.123. The molecule has 1 saturated heterocycles. The van der Waals surface area contributed by atoms with Crippen LogP contribution < -0.4 is 16.0 Å². The average Bonchev–Trinajstić information content (AvgIpc) is 2.51. The second-order valence-corrected chi connectivity index (χ2v) is 8.37. The molecular weight excluding hydrogens is 371 g/mol. The number of nitrogens with one attached hydrogen (secondary N) is 3. The van der Waals surface area contributed by atoms with Crippen LogP contribution in [0.25, 0.3) is 0 Å². The molecule has 1 aliphatic heterocycles. The van der Waals surface area contributed by atoms with E-state index in [1.807, 2.05) is 20.8 Å². The van der Waals surface area contributed by atoms with Gasteiger partial charge in [0.05, 0.1) is 13.1 Å². The van der Waals surface area contributed by atoms with E-state index in [0.29, 0.717) is 12.2 Å². The number of hydrogen-bond acceptors (Lipinski definition) is 4. The Morgan fingerprint density at radius 1 is 1.19 bits per heavy atom. The smallest absolute Gasteiger partial charge is 0.238 e. The van der Waals surface area contributed by atoms with E-state index >= 15 is 0 Å². The summed E-state index contributed by atoms with van der Waals surface area (Å²) in [5.41, 5.74) is 0.113. The Bertz CT molecular complexity index is 650. The highest BCUT2D eigenvalue weighted by Gasteiger charge is 2.22. The van der Waals surface area contributed by atoms with E-state index in [2.05, 4.69) is 20.9 Å². The number of anilines is 1. The van der Waals surface area contributed by atoms with E-state index < -0.39 is 5.82 Å². The van der Waals surface area contributed by atoms with Crippen LogP contribution in [0.1, 0.15) is 33.6 Å². The summed E-state index contributed by atoms with van der Waals surface area (Å²) in [6, 6.07) is 4.13. The molecule has 0 bridgehead atoms. The first-order chi connectivity index (χ1) is 12.6. The van der Waals surface area contributed by atoms with Crippen molar-refractivity contribution in [1.82, 2.24) is 15.5 Å². The molecule has 0 unspecified atom stereocenters. The zero-order chi connectivity index (χ0) is 20.0. The van der Waals surface area contributed by atoms with Gasteiger partial charge >= 0.3 is 0 Å². The molecule has 6 nitrogen and oxygen atoms in total. The van der Waals surface area contributed by atoms with E-state index in [0.717, 1.165) is 25.9 Å². The van der Waals surface area contributed by atoms with Crippen molar-refractivity contribution in [2.45, 2.75) is 45.2 Å². The van der Waals surface area contributed by atoms with Crippen molar-refractivity contribution >= 4 is 29.1 Å². The van der Waals surface area contributed by atoms with Crippen LogP contribution in [-0.4, -0.2) is 54.5 Å². The Kier molecular flexibility index (Phi) is 7.59. The van der Waals surface area contributed by atoms with Gasteiger partial charge in [-0.3, -0.25) is 14.5 Å². The zero-order valence-electron chi connectivity index (χ0n) is 16.1. The molecule has 1 fully saturated rings. The molecule has 0 radical (unpaired) electrons. The first-order valence-electron chi connectivity index (χ1n) is 9.13. The van der Waals surface area contributed by atoms with Crippen molar-refractivity contribution in [2.75, 3.05) is 31.5 Å². The largest absolute Gasteiger partial charge is 0.350 e. The third-order valence-corrected chi connectivity index (χ3v) is 4.39. The van der Waals surface area contributed by atoms with Crippen molar-refractivity contribution in [3.8, 4) is 0 Å². The summed E-state index contributed by atoms with van der Waals surface area (Å²) in [5.74, 6) is -0.709. The second kappa shape index (κ2) is 9.48. The van der Waals surface area contributed by atoms with Gasteiger partial charge in [0.2, 0.25) is 11.8 Å². The normalized spacial score (nSPS) is 16.2. The van der Waals surface area contributed by atoms with Crippen molar-refractivity contribution in [3.63, 3.8) is 0 Å². The molecule has 0 spiro atoms. The number of carbonyl (C=O) groups is 2. The minimum atomic E-state index is -0.492. The highest BCUT2D eigenvalue weighted by Crippen LogP contribution is 2.18. The van der Waals surface area contributed by atoms with Crippen LogP contribution in [0, 0.1) is 5.82 Å². The van der Waals surface area contributed by atoms with Gasteiger partial charge in [-0.05, 0) is 51.8 Å². The Balaban J connectivity index is 1.68. The molecule has 2 rings (SSSR count). The number of halogens is 2. The van der Waals surface area contributed by atoms with Crippen molar-refractivity contribution < 1.29 is 14.0 Å². The Labute approximate surface area is 164 Å². The van der Waals surface area contributed by atoms with Gasteiger partial charge in [0, 0.05) is 35.4 Å². The molecular formula is C19H28ClFN4O2. The fourth-order valence-electron chi connectivity index (χ4n) is 3.02. The maximum absolute atomic E-state index is 13.3. The van der Waals surface area contributed by atoms with E-state index in [1.165, 1.54) is 18.2 Å². The van der Waals surface area contributed by atoms with Crippen molar-refractivity contribution in [2.24, 2.45) is 0 Å². The fraction of sp³-hybridized carbons (Fsp3) is 0.579. The summed E-state index contributed by atoms with van der Waals surface area (Å²) in [6.07, 6.45) is 1.73. The summed E-state index contributed by atoms with van der Waals surface area (Å²) in [5, 5.41) is 9.05. The summed E-state index contributed by atoms with van der Waals surface area (Å²) in [7, 11) is 0. The van der Waals surface area contributed by atoms with Gasteiger partial charge in [-0.15, -0.1) is 0 Å². The Hall–Kier alpha value is -1.70. The van der Waals surface area contributed by atoms with Crippen LogP contribution >= 0.6 is 11.6 Å². The zero-order valence-corrected chi connectivity index (χ0v) is 16.8. The number of carbonyl (C=O) groups excluding carboxylic acids is 2. The van der Waals surface area contributed by atoms with Crippen LogP contribution in [-0.2, 0) is 9.59 Å². The lowest BCUT2D eigenvalue weighted by Crippen LogP contribution is -2.50. The summed E-state index contributed by atoms with van der Waals surface area (Å²) in [4.78, 5) is 26.1. The number of rotatable bonds is 6. The first kappa shape index (κ1) is 21.6. The van der Waals surface area contributed by atoms with E-state index in [4.69, 9.17) is 11.6 Å². The quantitative estimate of drug-likeness (QED) is 0.688. The maximum atomic E-state index is 13.3. The van der Waals surface area contributed by atoms with Crippen LogP contribution in [0.4, 0.5) is 10.1 Å². The number of piperidine rings is 1. The maximum Gasteiger partial charge on any atom is 0.238 e. The van der Waals surface area contributed by atoms with Crippen molar-refractivity contribution in [3.05, 3.63) is 29.0 Å². The highest BCUT2D eigenvalue weighted by atomic mass is 35.5. The SMILES string of the molecule is CC(C)(C)NC(=O)CN1CCC(NCC(=O)Nc2cc(F)cc(Cl)c2)CC1. The predicted octanol–water partition coefficient (Wildman–Crippen LogP) is 2.39. The molecule has 1 heterocycles. The number of benzene rings is 1. The molecule has 1 aromatic rings. The summed E-state index contributed by atoms with van der Waals surface area (Å²) in [6.45, 7) is 8.03. The van der Waals surface area contributed by atoms with Gasteiger partial charge in [0.15, 0.2) is 0 Å². The molecule has 0 atom stereocenters. The lowest BCUT2D eigenvalue weighted by Gasteiger charge is -2.32.